The first-order valence-electron chi connectivity index (χ1n) is 7.94. The van der Waals surface area contributed by atoms with E-state index < -0.39 is 0 Å². The minimum Gasteiger partial charge on any atom is -0.206 e. The molecule has 0 heterocycles. The highest BCUT2D eigenvalue weighted by Gasteiger charge is 1.98. The number of benzene rings is 2. The van der Waals surface area contributed by atoms with Gasteiger partial charge in [-0.1, -0.05) is 30.1 Å². The van der Waals surface area contributed by atoms with Crippen LogP contribution in [-0.4, -0.2) is 0 Å². The molecule has 128 valence electrons. The van der Waals surface area contributed by atoms with Gasteiger partial charge in [0.1, 0.15) is 11.6 Å². The smallest absolute Gasteiger partial charge is 0.138 e. The molecule has 2 aromatic carbocycles. The summed E-state index contributed by atoms with van der Waals surface area (Å²) in [7, 11) is 0. The Labute approximate surface area is 164 Å². The lowest BCUT2D eigenvalue weighted by Crippen LogP contribution is -1.81. The lowest BCUT2D eigenvalue weighted by atomic mass is 10.1. The van der Waals surface area contributed by atoms with E-state index in [-0.39, 0.29) is 11.6 Å². The van der Waals surface area contributed by atoms with E-state index in [9.17, 15) is 8.78 Å². The highest BCUT2D eigenvalue weighted by Crippen LogP contribution is 2.16. The molecule has 25 heavy (non-hydrogen) atoms. The molecule has 4 heteroatoms. The first kappa shape index (κ1) is 19.7. The topological polar surface area (TPSA) is 0 Å². The van der Waals surface area contributed by atoms with Crippen LogP contribution in [0.3, 0.4) is 0 Å². The van der Waals surface area contributed by atoms with Gasteiger partial charge >= 0.3 is 0 Å². The maximum atomic E-state index is 13.3. The van der Waals surface area contributed by atoms with Crippen molar-refractivity contribution in [2.75, 3.05) is 0 Å². The average Bonchev–Trinajstić information content (AvgIpc) is 2.59. The van der Waals surface area contributed by atoms with Crippen molar-refractivity contribution < 1.29 is 8.78 Å². The molecule has 0 spiro atoms. The Morgan fingerprint density at radius 2 is 1.12 bits per heavy atom. The molecule has 0 aliphatic rings. The SMILES string of the molecule is Fc1cc(C#CCCCCCC#Cc2ccc(Br)c(F)c2)ccc1Br. The molecule has 0 nitrogen and oxygen atoms in total. The van der Waals surface area contributed by atoms with Crippen LogP contribution in [0.1, 0.15) is 43.2 Å². The largest absolute Gasteiger partial charge is 0.206 e. The van der Waals surface area contributed by atoms with Crippen molar-refractivity contribution in [3.8, 4) is 23.7 Å². The monoisotopic (exact) mass is 464 g/mol. The summed E-state index contributed by atoms with van der Waals surface area (Å²) in [5, 5.41) is 0. The second kappa shape index (κ2) is 10.4. The van der Waals surface area contributed by atoms with Gasteiger partial charge < -0.3 is 0 Å². The number of rotatable bonds is 4. The van der Waals surface area contributed by atoms with Crippen LogP contribution in [-0.2, 0) is 0 Å². The Hall–Kier alpha value is -1.62. The molecule has 0 amide bonds. The van der Waals surface area contributed by atoms with Crippen molar-refractivity contribution >= 4 is 31.9 Å². The van der Waals surface area contributed by atoms with Crippen molar-refractivity contribution in [1.29, 1.82) is 0 Å². The Morgan fingerprint density at radius 3 is 1.52 bits per heavy atom. The summed E-state index contributed by atoms with van der Waals surface area (Å²) in [6.45, 7) is 0. The molecule has 0 atom stereocenters. The summed E-state index contributed by atoms with van der Waals surface area (Å²) >= 11 is 6.24. The summed E-state index contributed by atoms with van der Waals surface area (Å²) in [5.74, 6) is 11.5. The van der Waals surface area contributed by atoms with E-state index in [0.29, 0.717) is 20.1 Å². The van der Waals surface area contributed by atoms with E-state index in [2.05, 4.69) is 55.5 Å². The third-order valence-electron chi connectivity index (χ3n) is 3.41. The minimum atomic E-state index is -0.295. The average molecular weight is 466 g/mol. The van der Waals surface area contributed by atoms with Crippen molar-refractivity contribution in [2.45, 2.75) is 32.1 Å². The Morgan fingerprint density at radius 1 is 0.680 bits per heavy atom. The Balaban J connectivity index is 1.66. The molecule has 2 rings (SSSR count). The lowest BCUT2D eigenvalue weighted by molar-refractivity contribution is 0.620. The van der Waals surface area contributed by atoms with Crippen molar-refractivity contribution in [3.63, 3.8) is 0 Å². The molecule has 0 N–H and O–H groups in total. The molecule has 0 bridgehead atoms. The molecule has 2 aromatic rings. The molecular formula is C21H16Br2F2. The van der Waals surface area contributed by atoms with Gasteiger partial charge in [0.05, 0.1) is 8.95 Å². The highest BCUT2D eigenvalue weighted by atomic mass is 79.9. The quantitative estimate of drug-likeness (QED) is 0.342. The fraction of sp³-hybridized carbons (Fsp3) is 0.238. The molecular weight excluding hydrogens is 450 g/mol. The molecule has 0 fully saturated rings. The van der Waals surface area contributed by atoms with Crippen LogP contribution in [0.15, 0.2) is 45.3 Å². The Bertz CT molecular complexity index is 780. The van der Waals surface area contributed by atoms with E-state index in [0.717, 1.165) is 32.1 Å². The maximum Gasteiger partial charge on any atom is 0.138 e. The van der Waals surface area contributed by atoms with Gasteiger partial charge in [-0.15, -0.1) is 0 Å². The number of unbranched alkanes of at least 4 members (excludes halogenated alkanes) is 4. The summed E-state index contributed by atoms with van der Waals surface area (Å²) in [6, 6.07) is 9.77. The fourth-order valence-corrected chi connectivity index (χ4v) is 2.57. The zero-order chi connectivity index (χ0) is 18.1. The summed E-state index contributed by atoms with van der Waals surface area (Å²) in [4.78, 5) is 0. The van der Waals surface area contributed by atoms with E-state index in [4.69, 9.17) is 0 Å². The number of hydrogen-bond acceptors (Lipinski definition) is 0. The molecule has 0 saturated heterocycles. The number of halogens is 4. The zero-order valence-corrected chi connectivity index (χ0v) is 16.7. The van der Waals surface area contributed by atoms with Crippen molar-refractivity contribution in [1.82, 2.24) is 0 Å². The summed E-state index contributed by atoms with van der Waals surface area (Å²) < 4.78 is 27.6. The van der Waals surface area contributed by atoms with Crippen LogP contribution in [0.25, 0.3) is 0 Å². The predicted octanol–water partition coefficient (Wildman–Crippen LogP) is 6.84. The normalized spacial score (nSPS) is 9.76. The lowest BCUT2D eigenvalue weighted by Gasteiger charge is -1.95. The fourth-order valence-electron chi connectivity index (χ4n) is 2.08. The van der Waals surface area contributed by atoms with Crippen molar-refractivity contribution in [2.24, 2.45) is 0 Å². The summed E-state index contributed by atoms with van der Waals surface area (Å²) in [5.41, 5.74) is 1.38. The third-order valence-corrected chi connectivity index (χ3v) is 4.69. The molecule has 0 radical (unpaired) electrons. The van der Waals surface area contributed by atoms with E-state index in [1.165, 1.54) is 12.1 Å². The summed E-state index contributed by atoms with van der Waals surface area (Å²) in [6.07, 6.45) is 4.57. The van der Waals surface area contributed by atoms with Crippen LogP contribution in [0.4, 0.5) is 8.78 Å². The van der Waals surface area contributed by atoms with Gasteiger partial charge in [0, 0.05) is 24.0 Å². The van der Waals surface area contributed by atoms with E-state index in [1.54, 1.807) is 24.3 Å². The standard InChI is InChI=1S/C21H16Br2F2/c22-18-12-10-16(14-20(18)24)8-6-4-2-1-3-5-7-9-17-11-13-19(23)21(25)15-17/h10-15H,1-5H2. The van der Waals surface area contributed by atoms with Crippen LogP contribution in [0, 0.1) is 35.3 Å². The molecule has 0 saturated carbocycles. The first-order chi connectivity index (χ1) is 12.1. The van der Waals surface area contributed by atoms with E-state index in [1.807, 2.05) is 0 Å². The van der Waals surface area contributed by atoms with Crippen LogP contribution >= 0.6 is 31.9 Å². The molecule has 0 aliphatic carbocycles. The third kappa shape index (κ3) is 7.02. The second-order valence-electron chi connectivity index (χ2n) is 5.42. The van der Waals surface area contributed by atoms with Gasteiger partial charge in [0.2, 0.25) is 0 Å². The molecule has 0 unspecified atom stereocenters. The highest BCUT2D eigenvalue weighted by molar-refractivity contribution is 9.10. The van der Waals surface area contributed by atoms with Gasteiger partial charge in [-0.25, -0.2) is 8.78 Å². The van der Waals surface area contributed by atoms with Gasteiger partial charge in [0.25, 0.3) is 0 Å². The molecule has 0 aliphatic heterocycles. The second-order valence-corrected chi connectivity index (χ2v) is 7.13. The number of hydrogen-bond donors (Lipinski definition) is 0. The van der Waals surface area contributed by atoms with Crippen molar-refractivity contribution in [3.05, 3.63) is 68.1 Å². The Kier molecular flexibility index (Phi) is 8.19. The minimum absolute atomic E-state index is 0.295. The van der Waals surface area contributed by atoms with Crippen LogP contribution in [0.2, 0.25) is 0 Å². The first-order valence-corrected chi connectivity index (χ1v) is 9.53. The van der Waals surface area contributed by atoms with Crippen LogP contribution < -0.4 is 0 Å². The maximum absolute atomic E-state index is 13.3. The van der Waals surface area contributed by atoms with Crippen LogP contribution in [0.5, 0.6) is 0 Å². The van der Waals surface area contributed by atoms with Gasteiger partial charge in [-0.3, -0.25) is 0 Å². The van der Waals surface area contributed by atoms with E-state index >= 15 is 0 Å². The molecule has 0 aromatic heterocycles. The van der Waals surface area contributed by atoms with Gasteiger partial charge in [-0.2, -0.15) is 0 Å². The van der Waals surface area contributed by atoms with Gasteiger partial charge in [0.15, 0.2) is 0 Å². The van der Waals surface area contributed by atoms with Gasteiger partial charge in [-0.05, 0) is 81.1 Å². The predicted molar refractivity (Wildman–Crippen MR) is 105 cm³/mol. The zero-order valence-electron chi connectivity index (χ0n) is 13.5.